The fourth-order valence-corrected chi connectivity index (χ4v) is 0.599. The van der Waals surface area contributed by atoms with Gasteiger partial charge in [-0.3, -0.25) is 0 Å². The van der Waals surface area contributed by atoms with Gasteiger partial charge in [0.2, 0.25) is 6.08 Å². The van der Waals surface area contributed by atoms with Gasteiger partial charge in [0.05, 0.1) is 6.04 Å². The van der Waals surface area contributed by atoms with Crippen LogP contribution in [-0.4, -0.2) is 12.1 Å². The van der Waals surface area contributed by atoms with E-state index < -0.39 is 0 Å². The van der Waals surface area contributed by atoms with E-state index in [0.29, 0.717) is 0 Å². The van der Waals surface area contributed by atoms with Crippen LogP contribution in [0, 0.1) is 0 Å². The molecule has 0 heterocycles. The van der Waals surface area contributed by atoms with Gasteiger partial charge in [0.15, 0.2) is 0 Å². The number of carbonyl (C=O) groups excluding carboxylic acids is 1. The molecule has 0 radical (unpaired) electrons. The maximum absolute atomic E-state index is 9.71. The van der Waals surface area contributed by atoms with E-state index in [-0.39, 0.29) is 6.04 Å². The summed E-state index contributed by atoms with van der Waals surface area (Å²) in [5, 5.41) is 0. The second-order valence-corrected chi connectivity index (χ2v) is 1.81. The Balaban J connectivity index is 3.67. The first-order valence-corrected chi connectivity index (χ1v) is 3.04. The summed E-state index contributed by atoms with van der Waals surface area (Å²) >= 11 is 0. The summed E-state index contributed by atoms with van der Waals surface area (Å²) in [7, 11) is 0. The third-order valence-corrected chi connectivity index (χ3v) is 1.08. The van der Waals surface area contributed by atoms with Crippen LogP contribution in [-0.2, 0) is 4.79 Å². The van der Waals surface area contributed by atoms with Crippen LogP contribution in [0.1, 0.15) is 19.8 Å². The highest BCUT2D eigenvalue weighted by molar-refractivity contribution is 5.34. The largest absolute Gasteiger partial charge is 0.235 e. The fraction of sp³-hybridized carbons (Fsp3) is 0.571. The zero-order chi connectivity index (χ0) is 7.11. The summed E-state index contributed by atoms with van der Waals surface area (Å²) in [6, 6.07) is -0.0208. The van der Waals surface area contributed by atoms with Crippen molar-refractivity contribution in [1.82, 2.24) is 0 Å². The van der Waals surface area contributed by atoms with Crippen molar-refractivity contribution in [3.8, 4) is 0 Å². The van der Waals surface area contributed by atoms with E-state index in [9.17, 15) is 4.79 Å². The van der Waals surface area contributed by atoms with Crippen LogP contribution in [0.25, 0.3) is 0 Å². The highest BCUT2D eigenvalue weighted by Crippen LogP contribution is 2.00. The van der Waals surface area contributed by atoms with Gasteiger partial charge in [-0.05, 0) is 6.42 Å². The second kappa shape index (κ2) is 5.26. The molecule has 50 valence electrons. The second-order valence-electron chi connectivity index (χ2n) is 1.81. The molecule has 0 saturated carbocycles. The Labute approximate surface area is 55.3 Å². The quantitative estimate of drug-likeness (QED) is 0.319. The summed E-state index contributed by atoms with van der Waals surface area (Å²) in [5.74, 6) is 0. The Hall–Kier alpha value is -0.880. The molecule has 2 nitrogen and oxygen atoms in total. The van der Waals surface area contributed by atoms with Crippen LogP contribution >= 0.6 is 0 Å². The molecule has 0 aromatic rings. The molecule has 0 spiro atoms. The van der Waals surface area contributed by atoms with Crippen molar-refractivity contribution < 1.29 is 4.79 Å². The van der Waals surface area contributed by atoms with E-state index in [1.165, 1.54) is 6.08 Å². The first-order valence-electron chi connectivity index (χ1n) is 3.04. The lowest BCUT2D eigenvalue weighted by Crippen LogP contribution is -1.96. The molecule has 0 aliphatic heterocycles. The summed E-state index contributed by atoms with van der Waals surface area (Å²) in [6.45, 7) is 5.56. The van der Waals surface area contributed by atoms with Crippen LogP contribution in [0.4, 0.5) is 0 Å². The summed E-state index contributed by atoms with van der Waals surface area (Å²) in [6.07, 6.45) is 5.07. The normalized spacial score (nSPS) is 11.7. The van der Waals surface area contributed by atoms with E-state index in [1.54, 1.807) is 6.08 Å². The number of hydrogen-bond acceptors (Lipinski definition) is 2. The molecule has 0 saturated heterocycles. The molecule has 0 aromatic heterocycles. The minimum absolute atomic E-state index is 0.0208. The van der Waals surface area contributed by atoms with Crippen LogP contribution in [0.3, 0.4) is 0 Å². The SMILES string of the molecule is C=C[C@H](CCC)N=C=O. The van der Waals surface area contributed by atoms with Gasteiger partial charge >= 0.3 is 0 Å². The molecule has 0 fully saturated rings. The van der Waals surface area contributed by atoms with E-state index in [1.807, 2.05) is 6.92 Å². The molecule has 0 aliphatic rings. The maximum Gasteiger partial charge on any atom is 0.235 e. The zero-order valence-electron chi connectivity index (χ0n) is 5.63. The summed E-state index contributed by atoms with van der Waals surface area (Å²) in [5.41, 5.74) is 0. The predicted octanol–water partition coefficient (Wildman–Crippen LogP) is 1.68. The lowest BCUT2D eigenvalue weighted by molar-refractivity contribution is 0.558. The Bertz CT molecular complexity index is 125. The molecule has 0 bridgehead atoms. The van der Waals surface area contributed by atoms with E-state index in [4.69, 9.17) is 0 Å². The molecule has 0 amide bonds. The van der Waals surface area contributed by atoms with Crippen molar-refractivity contribution in [2.24, 2.45) is 4.99 Å². The Morgan fingerprint density at radius 1 is 1.89 bits per heavy atom. The van der Waals surface area contributed by atoms with Crippen molar-refractivity contribution in [3.05, 3.63) is 12.7 Å². The predicted molar refractivity (Wildman–Crippen MR) is 37.0 cm³/mol. The van der Waals surface area contributed by atoms with Crippen LogP contribution in [0.2, 0.25) is 0 Å². The Kier molecular flexibility index (Phi) is 4.75. The maximum atomic E-state index is 9.71. The van der Waals surface area contributed by atoms with Crippen LogP contribution in [0.15, 0.2) is 17.6 Å². The Morgan fingerprint density at radius 2 is 2.56 bits per heavy atom. The monoisotopic (exact) mass is 125 g/mol. The van der Waals surface area contributed by atoms with Gasteiger partial charge in [0.1, 0.15) is 0 Å². The minimum Gasteiger partial charge on any atom is -0.211 e. The molecule has 0 aromatic carbocycles. The van der Waals surface area contributed by atoms with E-state index in [2.05, 4.69) is 11.6 Å². The topological polar surface area (TPSA) is 29.4 Å². The van der Waals surface area contributed by atoms with Crippen molar-refractivity contribution >= 4 is 6.08 Å². The molecule has 0 aliphatic carbocycles. The summed E-state index contributed by atoms with van der Waals surface area (Å²) in [4.78, 5) is 13.2. The van der Waals surface area contributed by atoms with Gasteiger partial charge in [0, 0.05) is 0 Å². The average molecular weight is 125 g/mol. The molecular formula is C7H11NO. The van der Waals surface area contributed by atoms with Gasteiger partial charge in [0.25, 0.3) is 0 Å². The third-order valence-electron chi connectivity index (χ3n) is 1.08. The first-order chi connectivity index (χ1) is 4.35. The number of isocyanates is 1. The molecule has 0 N–H and O–H groups in total. The Morgan fingerprint density at radius 3 is 2.89 bits per heavy atom. The van der Waals surface area contributed by atoms with Crippen molar-refractivity contribution in [2.75, 3.05) is 0 Å². The van der Waals surface area contributed by atoms with Crippen molar-refractivity contribution in [3.63, 3.8) is 0 Å². The van der Waals surface area contributed by atoms with Gasteiger partial charge in [-0.15, -0.1) is 6.58 Å². The number of nitrogens with zero attached hydrogens (tertiary/aromatic N) is 1. The molecule has 1 atom stereocenters. The third kappa shape index (κ3) is 3.68. The molecule has 0 rings (SSSR count). The van der Waals surface area contributed by atoms with Gasteiger partial charge in [-0.1, -0.05) is 19.4 Å². The molecule has 9 heavy (non-hydrogen) atoms. The fourth-order valence-electron chi connectivity index (χ4n) is 0.599. The van der Waals surface area contributed by atoms with Crippen LogP contribution < -0.4 is 0 Å². The highest BCUT2D eigenvalue weighted by atomic mass is 16.1. The van der Waals surface area contributed by atoms with E-state index in [0.717, 1.165) is 12.8 Å². The van der Waals surface area contributed by atoms with Gasteiger partial charge < -0.3 is 0 Å². The zero-order valence-corrected chi connectivity index (χ0v) is 5.63. The number of rotatable bonds is 4. The van der Waals surface area contributed by atoms with E-state index >= 15 is 0 Å². The number of aliphatic imine (C=N–C) groups is 1. The highest BCUT2D eigenvalue weighted by Gasteiger charge is 1.96. The molecular weight excluding hydrogens is 114 g/mol. The average Bonchev–Trinajstić information content (AvgIpc) is 1.88. The smallest absolute Gasteiger partial charge is 0.211 e. The molecule has 0 unspecified atom stereocenters. The standard InChI is InChI=1S/C7H11NO/c1-3-5-7(4-2)8-6-9/h4,7H,2-3,5H2,1H3/t7-/m1/s1. The molecule has 2 heteroatoms. The van der Waals surface area contributed by atoms with Crippen LogP contribution in [0.5, 0.6) is 0 Å². The minimum atomic E-state index is -0.0208. The van der Waals surface area contributed by atoms with Gasteiger partial charge in [-0.25, -0.2) is 4.79 Å². The summed E-state index contributed by atoms with van der Waals surface area (Å²) < 4.78 is 0. The lowest BCUT2D eigenvalue weighted by atomic mass is 10.2. The lowest BCUT2D eigenvalue weighted by Gasteiger charge is -1.98. The number of hydrogen-bond donors (Lipinski definition) is 0. The first kappa shape index (κ1) is 8.12. The van der Waals surface area contributed by atoms with Crippen molar-refractivity contribution in [1.29, 1.82) is 0 Å². The van der Waals surface area contributed by atoms with Gasteiger partial charge in [-0.2, -0.15) is 4.99 Å². The van der Waals surface area contributed by atoms with Crippen molar-refractivity contribution in [2.45, 2.75) is 25.8 Å².